The molecule has 3 N–H and O–H groups in total. The van der Waals surface area contributed by atoms with E-state index in [0.29, 0.717) is 6.79 Å². The van der Waals surface area contributed by atoms with Crippen molar-refractivity contribution in [1.29, 1.82) is 0 Å². The fourth-order valence-corrected chi connectivity index (χ4v) is 1.62. The lowest BCUT2D eigenvalue weighted by Gasteiger charge is -2.08. The Balaban J connectivity index is 0.000000141. The molecule has 3 rings (SSSR count). The van der Waals surface area contributed by atoms with E-state index in [1.165, 1.54) is 6.92 Å². The molecular weight excluding hydrogens is 252 g/mol. The molecule has 2 atom stereocenters. The van der Waals surface area contributed by atoms with E-state index < -0.39 is 24.1 Å². The van der Waals surface area contributed by atoms with Crippen LogP contribution in [0.3, 0.4) is 0 Å². The summed E-state index contributed by atoms with van der Waals surface area (Å²) in [5.41, 5.74) is 0. The second-order valence-electron chi connectivity index (χ2n) is 4.03. The molecule has 1 fully saturated rings. The van der Waals surface area contributed by atoms with E-state index in [9.17, 15) is 9.59 Å². The standard InChI is InChI=1S/C7H6O2.C5H8N2O3/c1-2-4-7-6(3-1)8-5-9-7;1-2(8)3-4(9)7-5(10)6-3/h1-4H,5H2;2-3,8H,1H3,(H2,6,7,9,10). The number of amides is 3. The van der Waals surface area contributed by atoms with E-state index in [-0.39, 0.29) is 0 Å². The Hall–Kier alpha value is -2.28. The molecule has 0 spiro atoms. The van der Waals surface area contributed by atoms with Crippen LogP contribution in [0.4, 0.5) is 4.79 Å². The van der Waals surface area contributed by atoms with E-state index in [1.807, 2.05) is 29.6 Å². The van der Waals surface area contributed by atoms with Crippen molar-refractivity contribution in [3.8, 4) is 11.5 Å². The normalized spacial score (nSPS) is 21.1. The summed E-state index contributed by atoms with van der Waals surface area (Å²) in [4.78, 5) is 21.1. The van der Waals surface area contributed by atoms with Crippen LogP contribution in [-0.4, -0.2) is 36.0 Å². The van der Waals surface area contributed by atoms with Gasteiger partial charge in [0.05, 0.1) is 6.10 Å². The fraction of sp³-hybridized carbons (Fsp3) is 0.333. The van der Waals surface area contributed by atoms with Gasteiger partial charge in [0.25, 0.3) is 5.91 Å². The molecule has 7 heteroatoms. The molecule has 1 saturated heterocycles. The Morgan fingerprint density at radius 3 is 2.21 bits per heavy atom. The summed E-state index contributed by atoms with van der Waals surface area (Å²) in [6.45, 7) is 1.80. The average Bonchev–Trinajstić information content (AvgIpc) is 2.96. The van der Waals surface area contributed by atoms with Gasteiger partial charge in [0.2, 0.25) is 6.79 Å². The number of carbonyl (C=O) groups excluding carboxylic acids is 2. The number of benzene rings is 1. The summed E-state index contributed by atoms with van der Waals surface area (Å²) in [7, 11) is 0. The van der Waals surface area contributed by atoms with Crippen LogP contribution >= 0.6 is 0 Å². The monoisotopic (exact) mass is 266 g/mol. The molecule has 7 nitrogen and oxygen atoms in total. The smallest absolute Gasteiger partial charge is 0.322 e. The van der Waals surface area contributed by atoms with Crippen LogP contribution in [0.1, 0.15) is 6.92 Å². The molecule has 2 heterocycles. The number of hydrogen-bond acceptors (Lipinski definition) is 5. The molecule has 0 saturated carbocycles. The van der Waals surface area contributed by atoms with Gasteiger partial charge in [0, 0.05) is 0 Å². The second kappa shape index (κ2) is 5.57. The van der Waals surface area contributed by atoms with Crippen LogP contribution in [-0.2, 0) is 4.79 Å². The number of urea groups is 1. The van der Waals surface area contributed by atoms with Gasteiger partial charge in [-0.1, -0.05) is 12.1 Å². The number of rotatable bonds is 1. The van der Waals surface area contributed by atoms with Gasteiger partial charge in [0.1, 0.15) is 6.04 Å². The van der Waals surface area contributed by atoms with Gasteiger partial charge in [-0.3, -0.25) is 10.1 Å². The molecule has 102 valence electrons. The summed E-state index contributed by atoms with van der Waals surface area (Å²) in [6, 6.07) is 6.30. The topological polar surface area (TPSA) is 96.9 Å². The summed E-state index contributed by atoms with van der Waals surface area (Å²) < 4.78 is 10.2. The molecule has 1 aromatic carbocycles. The maximum absolute atomic E-state index is 10.7. The van der Waals surface area contributed by atoms with E-state index >= 15 is 0 Å². The molecule has 0 aliphatic carbocycles. The van der Waals surface area contributed by atoms with Crippen molar-refractivity contribution >= 4 is 11.9 Å². The lowest BCUT2D eigenvalue weighted by Crippen LogP contribution is -2.38. The minimum absolute atomic E-state index is 0.360. The molecule has 19 heavy (non-hydrogen) atoms. The van der Waals surface area contributed by atoms with Gasteiger partial charge >= 0.3 is 6.03 Å². The zero-order valence-electron chi connectivity index (χ0n) is 10.3. The highest BCUT2D eigenvalue weighted by Crippen LogP contribution is 2.30. The van der Waals surface area contributed by atoms with Crippen molar-refractivity contribution in [2.24, 2.45) is 0 Å². The number of aliphatic hydroxyl groups excluding tert-OH is 1. The van der Waals surface area contributed by atoms with Crippen LogP contribution in [0.15, 0.2) is 24.3 Å². The van der Waals surface area contributed by atoms with Crippen LogP contribution in [0.2, 0.25) is 0 Å². The van der Waals surface area contributed by atoms with E-state index in [1.54, 1.807) is 0 Å². The minimum atomic E-state index is -0.841. The van der Waals surface area contributed by atoms with Crippen molar-refractivity contribution in [2.75, 3.05) is 6.79 Å². The third-order valence-electron chi connectivity index (χ3n) is 2.57. The van der Waals surface area contributed by atoms with Gasteiger partial charge < -0.3 is 19.9 Å². The first-order valence-electron chi connectivity index (χ1n) is 5.72. The molecule has 2 aliphatic heterocycles. The lowest BCUT2D eigenvalue weighted by atomic mass is 10.2. The molecule has 0 bridgehead atoms. The van der Waals surface area contributed by atoms with Crippen molar-refractivity contribution in [2.45, 2.75) is 19.1 Å². The third kappa shape index (κ3) is 3.14. The predicted octanol–water partition coefficient (Wildman–Crippen LogP) is -0.00950. The van der Waals surface area contributed by atoms with Crippen molar-refractivity contribution in [1.82, 2.24) is 10.6 Å². The van der Waals surface area contributed by atoms with Crippen molar-refractivity contribution in [3.63, 3.8) is 0 Å². The Morgan fingerprint density at radius 1 is 1.26 bits per heavy atom. The largest absolute Gasteiger partial charge is 0.454 e. The predicted molar refractivity (Wildman–Crippen MR) is 64.7 cm³/mol. The Labute approximate surface area is 109 Å². The summed E-state index contributed by atoms with van der Waals surface area (Å²) >= 11 is 0. The zero-order chi connectivity index (χ0) is 13.8. The maximum atomic E-state index is 10.7. The molecular formula is C12H14N2O5. The fourth-order valence-electron chi connectivity index (χ4n) is 1.62. The Kier molecular flexibility index (Phi) is 3.86. The molecule has 2 unspecified atom stereocenters. The number of hydrogen-bond donors (Lipinski definition) is 3. The highest BCUT2D eigenvalue weighted by Gasteiger charge is 2.32. The highest BCUT2D eigenvalue weighted by molar-refractivity contribution is 6.04. The van der Waals surface area contributed by atoms with Gasteiger partial charge in [0.15, 0.2) is 11.5 Å². The molecule has 3 amide bonds. The van der Waals surface area contributed by atoms with E-state index in [0.717, 1.165) is 11.5 Å². The summed E-state index contributed by atoms with van der Waals surface area (Å²) in [5, 5.41) is 13.1. The van der Waals surface area contributed by atoms with E-state index in [4.69, 9.17) is 14.6 Å². The Morgan fingerprint density at radius 2 is 1.84 bits per heavy atom. The number of nitrogens with one attached hydrogen (secondary N) is 2. The molecule has 1 aromatic rings. The lowest BCUT2D eigenvalue weighted by molar-refractivity contribution is -0.122. The first kappa shape index (κ1) is 13.2. The maximum Gasteiger partial charge on any atom is 0.322 e. The van der Waals surface area contributed by atoms with E-state index in [2.05, 4.69) is 5.32 Å². The first-order valence-corrected chi connectivity index (χ1v) is 5.72. The third-order valence-corrected chi connectivity index (χ3v) is 2.57. The number of carbonyl (C=O) groups is 2. The van der Waals surface area contributed by atoms with Gasteiger partial charge in [-0.15, -0.1) is 0 Å². The van der Waals surface area contributed by atoms with Gasteiger partial charge in [-0.2, -0.15) is 0 Å². The number of fused-ring (bicyclic) bond motifs is 1. The summed E-state index contributed by atoms with van der Waals surface area (Å²) in [6.07, 6.45) is -0.841. The Bertz CT molecular complexity index is 466. The minimum Gasteiger partial charge on any atom is -0.454 e. The number of ether oxygens (including phenoxy) is 2. The van der Waals surface area contributed by atoms with Crippen molar-refractivity contribution < 1.29 is 24.2 Å². The van der Waals surface area contributed by atoms with Gasteiger partial charge in [-0.05, 0) is 19.1 Å². The average molecular weight is 266 g/mol. The van der Waals surface area contributed by atoms with Crippen LogP contribution < -0.4 is 20.1 Å². The number of aliphatic hydroxyl groups is 1. The quantitative estimate of drug-likeness (QED) is 0.621. The SMILES string of the molecule is CC(O)C1NC(=O)NC1=O.c1ccc2c(c1)OCO2. The molecule has 0 aromatic heterocycles. The summed E-state index contributed by atoms with van der Waals surface area (Å²) in [5.74, 6) is 1.22. The zero-order valence-corrected chi connectivity index (χ0v) is 10.3. The highest BCUT2D eigenvalue weighted by atomic mass is 16.7. The molecule has 0 radical (unpaired) electrons. The van der Waals surface area contributed by atoms with Crippen LogP contribution in [0.5, 0.6) is 11.5 Å². The first-order chi connectivity index (χ1) is 9.08. The number of imide groups is 1. The number of para-hydroxylation sites is 2. The van der Waals surface area contributed by atoms with Gasteiger partial charge in [-0.25, -0.2) is 4.79 Å². The van der Waals surface area contributed by atoms with Crippen LogP contribution in [0.25, 0.3) is 0 Å². The van der Waals surface area contributed by atoms with Crippen LogP contribution in [0, 0.1) is 0 Å². The van der Waals surface area contributed by atoms with Crippen molar-refractivity contribution in [3.05, 3.63) is 24.3 Å². The second-order valence-corrected chi connectivity index (χ2v) is 4.03. The molecule has 2 aliphatic rings.